The molecule has 0 radical (unpaired) electrons. The molecule has 1 aromatic heterocycles. The molecule has 0 unspecified atom stereocenters. The van der Waals surface area contributed by atoms with Gasteiger partial charge < -0.3 is 10.2 Å². The Balaban J connectivity index is 1.79. The molecular formula is C20H25ClN2O2S. The SMILES string of the molecule is CN(Cc1ccc(Cl)s1)C(=O)CCNC(=O)c1ccc(C(C)(C)C)cc1. The lowest BCUT2D eigenvalue weighted by atomic mass is 9.87. The van der Waals surface area contributed by atoms with Gasteiger partial charge >= 0.3 is 0 Å². The van der Waals surface area contributed by atoms with Crippen LogP contribution in [0.25, 0.3) is 0 Å². The monoisotopic (exact) mass is 392 g/mol. The Kier molecular flexibility index (Phi) is 6.84. The fourth-order valence-electron chi connectivity index (χ4n) is 2.46. The van der Waals surface area contributed by atoms with Gasteiger partial charge in [-0.1, -0.05) is 44.5 Å². The summed E-state index contributed by atoms with van der Waals surface area (Å²) in [4.78, 5) is 27.1. The van der Waals surface area contributed by atoms with Gasteiger partial charge in [0, 0.05) is 30.5 Å². The number of thiophene rings is 1. The predicted molar refractivity (Wildman–Crippen MR) is 108 cm³/mol. The molecule has 2 amide bonds. The maximum absolute atomic E-state index is 12.2. The topological polar surface area (TPSA) is 49.4 Å². The van der Waals surface area contributed by atoms with Crippen LogP contribution in [0.4, 0.5) is 0 Å². The zero-order chi connectivity index (χ0) is 19.3. The van der Waals surface area contributed by atoms with E-state index in [0.717, 1.165) is 4.88 Å². The van der Waals surface area contributed by atoms with Crippen molar-refractivity contribution in [3.63, 3.8) is 0 Å². The molecule has 0 saturated heterocycles. The number of carbonyl (C=O) groups is 2. The van der Waals surface area contributed by atoms with Crippen molar-refractivity contribution in [1.82, 2.24) is 10.2 Å². The van der Waals surface area contributed by atoms with E-state index in [4.69, 9.17) is 11.6 Å². The predicted octanol–water partition coefficient (Wildman–Crippen LogP) is 4.48. The molecular weight excluding hydrogens is 368 g/mol. The van der Waals surface area contributed by atoms with Crippen molar-refractivity contribution in [2.45, 2.75) is 39.2 Å². The molecule has 26 heavy (non-hydrogen) atoms. The molecule has 1 N–H and O–H groups in total. The van der Waals surface area contributed by atoms with E-state index < -0.39 is 0 Å². The number of halogens is 1. The molecule has 0 aliphatic heterocycles. The van der Waals surface area contributed by atoms with Crippen LogP contribution in [0.2, 0.25) is 4.34 Å². The minimum atomic E-state index is -0.161. The summed E-state index contributed by atoms with van der Waals surface area (Å²) in [6, 6.07) is 11.3. The van der Waals surface area contributed by atoms with Crippen LogP contribution in [0, 0.1) is 0 Å². The summed E-state index contributed by atoms with van der Waals surface area (Å²) >= 11 is 7.37. The zero-order valence-corrected chi connectivity index (χ0v) is 17.2. The summed E-state index contributed by atoms with van der Waals surface area (Å²) in [5, 5.41) is 2.81. The molecule has 1 aromatic carbocycles. The van der Waals surface area contributed by atoms with Crippen molar-refractivity contribution >= 4 is 34.8 Å². The summed E-state index contributed by atoms with van der Waals surface area (Å²) in [5.74, 6) is -0.177. The molecule has 0 atom stereocenters. The summed E-state index contributed by atoms with van der Waals surface area (Å²) < 4.78 is 0.714. The Bertz CT molecular complexity index is 763. The van der Waals surface area contributed by atoms with E-state index in [0.29, 0.717) is 23.0 Å². The third kappa shape index (κ3) is 5.85. The first kappa shape index (κ1) is 20.5. The fourth-order valence-corrected chi connectivity index (χ4v) is 3.60. The van der Waals surface area contributed by atoms with E-state index in [1.54, 1.807) is 11.9 Å². The molecule has 2 rings (SSSR count). The number of hydrogen-bond donors (Lipinski definition) is 1. The molecule has 4 nitrogen and oxygen atoms in total. The van der Waals surface area contributed by atoms with E-state index >= 15 is 0 Å². The minimum absolute atomic E-state index is 0.0158. The molecule has 1 heterocycles. The highest BCUT2D eigenvalue weighted by Crippen LogP contribution is 2.23. The number of benzene rings is 1. The highest BCUT2D eigenvalue weighted by molar-refractivity contribution is 7.16. The van der Waals surface area contributed by atoms with E-state index in [2.05, 4.69) is 26.1 Å². The van der Waals surface area contributed by atoms with Crippen molar-refractivity contribution in [3.05, 3.63) is 56.7 Å². The molecule has 0 saturated carbocycles. The molecule has 0 aliphatic rings. The second kappa shape index (κ2) is 8.69. The Hall–Kier alpha value is -1.85. The maximum atomic E-state index is 12.2. The van der Waals surface area contributed by atoms with E-state index in [1.165, 1.54) is 16.9 Å². The second-order valence-electron chi connectivity index (χ2n) is 7.29. The van der Waals surface area contributed by atoms with Crippen molar-refractivity contribution in [3.8, 4) is 0 Å². The number of nitrogens with one attached hydrogen (secondary N) is 1. The van der Waals surface area contributed by atoms with Crippen LogP contribution in [0.15, 0.2) is 36.4 Å². The molecule has 0 aliphatic carbocycles. The first-order chi connectivity index (χ1) is 12.2. The van der Waals surface area contributed by atoms with Crippen LogP contribution in [0.1, 0.15) is 48.0 Å². The maximum Gasteiger partial charge on any atom is 0.251 e. The van der Waals surface area contributed by atoms with Gasteiger partial charge in [0.15, 0.2) is 0 Å². The van der Waals surface area contributed by atoms with Gasteiger partial charge in [-0.2, -0.15) is 0 Å². The third-order valence-electron chi connectivity index (χ3n) is 4.09. The van der Waals surface area contributed by atoms with Gasteiger partial charge in [0.2, 0.25) is 5.91 Å². The van der Waals surface area contributed by atoms with Gasteiger partial charge in [-0.3, -0.25) is 9.59 Å². The van der Waals surface area contributed by atoms with Gasteiger partial charge in [0.1, 0.15) is 0 Å². The number of hydrogen-bond acceptors (Lipinski definition) is 3. The van der Waals surface area contributed by atoms with Crippen molar-refractivity contribution in [1.29, 1.82) is 0 Å². The lowest BCUT2D eigenvalue weighted by Crippen LogP contribution is -2.31. The highest BCUT2D eigenvalue weighted by Gasteiger charge is 2.15. The Morgan fingerprint density at radius 3 is 2.31 bits per heavy atom. The summed E-state index contributed by atoms with van der Waals surface area (Å²) in [7, 11) is 1.75. The number of rotatable bonds is 6. The van der Waals surface area contributed by atoms with E-state index in [9.17, 15) is 9.59 Å². The molecule has 0 fully saturated rings. The van der Waals surface area contributed by atoms with Crippen LogP contribution >= 0.6 is 22.9 Å². The van der Waals surface area contributed by atoms with Crippen LogP contribution in [0.3, 0.4) is 0 Å². The lowest BCUT2D eigenvalue weighted by molar-refractivity contribution is -0.130. The zero-order valence-electron chi connectivity index (χ0n) is 15.6. The molecule has 2 aromatic rings. The molecule has 6 heteroatoms. The van der Waals surface area contributed by atoms with Crippen LogP contribution in [-0.2, 0) is 16.8 Å². The van der Waals surface area contributed by atoms with E-state index in [-0.39, 0.29) is 23.7 Å². The second-order valence-corrected chi connectivity index (χ2v) is 9.09. The van der Waals surface area contributed by atoms with Gasteiger partial charge in [-0.05, 0) is 35.2 Å². The Morgan fingerprint density at radius 2 is 1.77 bits per heavy atom. The standard InChI is InChI=1S/C20H25ClN2O2S/c1-20(2,3)15-7-5-14(6-8-15)19(25)22-12-11-18(24)23(4)13-16-9-10-17(21)26-16/h5-10H,11-13H2,1-4H3,(H,22,25). The highest BCUT2D eigenvalue weighted by atomic mass is 35.5. The number of carbonyl (C=O) groups excluding carboxylic acids is 2. The van der Waals surface area contributed by atoms with Crippen LogP contribution in [0.5, 0.6) is 0 Å². The first-order valence-electron chi connectivity index (χ1n) is 8.54. The van der Waals surface area contributed by atoms with Gasteiger partial charge in [-0.15, -0.1) is 11.3 Å². The lowest BCUT2D eigenvalue weighted by Gasteiger charge is -2.19. The van der Waals surface area contributed by atoms with Crippen molar-refractivity contribution in [2.24, 2.45) is 0 Å². The van der Waals surface area contributed by atoms with Crippen LogP contribution < -0.4 is 5.32 Å². The Labute approximate surface area is 164 Å². The minimum Gasteiger partial charge on any atom is -0.352 e. The Morgan fingerprint density at radius 1 is 1.12 bits per heavy atom. The third-order valence-corrected chi connectivity index (χ3v) is 5.30. The number of amides is 2. The van der Waals surface area contributed by atoms with Crippen LogP contribution in [-0.4, -0.2) is 30.3 Å². The average molecular weight is 393 g/mol. The van der Waals surface area contributed by atoms with Crippen molar-refractivity contribution < 1.29 is 9.59 Å². The molecule has 140 valence electrons. The summed E-state index contributed by atoms with van der Waals surface area (Å²) in [6.45, 7) is 7.24. The van der Waals surface area contributed by atoms with Gasteiger partial charge in [0.05, 0.1) is 10.9 Å². The first-order valence-corrected chi connectivity index (χ1v) is 9.73. The fraction of sp³-hybridized carbons (Fsp3) is 0.400. The van der Waals surface area contributed by atoms with Crippen molar-refractivity contribution in [2.75, 3.05) is 13.6 Å². The van der Waals surface area contributed by atoms with E-state index in [1.807, 2.05) is 36.4 Å². The quantitative estimate of drug-likeness (QED) is 0.788. The van der Waals surface area contributed by atoms with Gasteiger partial charge in [-0.25, -0.2) is 0 Å². The summed E-state index contributed by atoms with van der Waals surface area (Å²) in [5.41, 5.74) is 1.84. The summed E-state index contributed by atoms with van der Waals surface area (Å²) in [6.07, 6.45) is 0.265. The largest absolute Gasteiger partial charge is 0.352 e. The van der Waals surface area contributed by atoms with Gasteiger partial charge in [0.25, 0.3) is 5.91 Å². The average Bonchev–Trinajstić information content (AvgIpc) is 2.98. The molecule has 0 spiro atoms. The smallest absolute Gasteiger partial charge is 0.251 e. The number of nitrogens with zero attached hydrogens (tertiary/aromatic N) is 1. The normalized spacial score (nSPS) is 11.3. The molecule has 0 bridgehead atoms.